The first-order valence-electron chi connectivity index (χ1n) is 7.85. The second-order valence-electron chi connectivity index (χ2n) is 5.67. The van der Waals surface area contributed by atoms with E-state index in [9.17, 15) is 4.39 Å². The molecule has 0 atom stereocenters. The van der Waals surface area contributed by atoms with Crippen molar-refractivity contribution in [1.82, 2.24) is 9.97 Å². The van der Waals surface area contributed by atoms with E-state index in [1.54, 1.807) is 18.2 Å². The summed E-state index contributed by atoms with van der Waals surface area (Å²) in [7, 11) is 0. The smallest absolute Gasteiger partial charge is 0.162 e. The van der Waals surface area contributed by atoms with Gasteiger partial charge in [-0.15, -0.1) is 0 Å². The van der Waals surface area contributed by atoms with E-state index in [2.05, 4.69) is 15.3 Å². The van der Waals surface area contributed by atoms with Crippen molar-refractivity contribution in [1.29, 1.82) is 0 Å². The summed E-state index contributed by atoms with van der Waals surface area (Å²) in [5, 5.41) is 4.76. The molecule has 0 bridgehead atoms. The van der Waals surface area contributed by atoms with Crippen molar-refractivity contribution in [3.63, 3.8) is 0 Å². The minimum Gasteiger partial charge on any atom is -0.340 e. The minimum absolute atomic E-state index is 0.0475. The predicted molar refractivity (Wildman–Crippen MR) is 105 cm³/mol. The number of hydrogen-bond acceptors (Lipinski definition) is 3. The van der Waals surface area contributed by atoms with Crippen molar-refractivity contribution >= 4 is 45.6 Å². The van der Waals surface area contributed by atoms with E-state index in [0.29, 0.717) is 22.4 Å². The molecule has 1 N–H and O–H groups in total. The molecule has 6 heteroatoms. The number of benzene rings is 3. The normalized spacial score (nSPS) is 10.9. The molecule has 1 aromatic heterocycles. The number of nitrogens with zero attached hydrogens (tertiary/aromatic N) is 2. The molecule has 128 valence electrons. The second-order valence-corrected chi connectivity index (χ2v) is 6.52. The van der Waals surface area contributed by atoms with E-state index in [1.807, 2.05) is 36.4 Å². The fourth-order valence-electron chi connectivity index (χ4n) is 2.61. The summed E-state index contributed by atoms with van der Waals surface area (Å²) in [4.78, 5) is 9.27. The first kappa shape index (κ1) is 16.8. The Morgan fingerprint density at radius 3 is 2.38 bits per heavy atom. The maximum Gasteiger partial charge on any atom is 0.162 e. The Labute approximate surface area is 159 Å². The molecule has 3 aromatic carbocycles. The molecule has 0 radical (unpaired) electrons. The van der Waals surface area contributed by atoms with Crippen molar-refractivity contribution < 1.29 is 4.39 Å². The van der Waals surface area contributed by atoms with Gasteiger partial charge in [0, 0.05) is 21.7 Å². The number of fused-ring (bicyclic) bond motifs is 1. The third-order valence-electron chi connectivity index (χ3n) is 3.89. The molecule has 1 heterocycles. The Hall–Kier alpha value is -2.69. The maximum absolute atomic E-state index is 13.4. The zero-order valence-electron chi connectivity index (χ0n) is 13.4. The number of anilines is 2. The quantitative estimate of drug-likeness (QED) is 0.439. The van der Waals surface area contributed by atoms with Gasteiger partial charge in [-0.05, 0) is 54.6 Å². The molecule has 0 saturated carbocycles. The topological polar surface area (TPSA) is 37.8 Å². The molecule has 4 aromatic rings. The number of rotatable bonds is 3. The van der Waals surface area contributed by atoms with Gasteiger partial charge in [0.05, 0.1) is 10.5 Å². The average Bonchev–Trinajstić information content (AvgIpc) is 2.65. The van der Waals surface area contributed by atoms with Gasteiger partial charge in [-0.3, -0.25) is 0 Å². The highest BCUT2D eigenvalue weighted by Gasteiger charge is 2.10. The molecule has 0 spiro atoms. The molecule has 0 unspecified atom stereocenters. The van der Waals surface area contributed by atoms with Gasteiger partial charge < -0.3 is 5.32 Å². The van der Waals surface area contributed by atoms with Crippen LogP contribution < -0.4 is 5.32 Å². The van der Waals surface area contributed by atoms with Crippen molar-refractivity contribution in [3.8, 4) is 11.4 Å². The number of para-hydroxylation sites is 1. The van der Waals surface area contributed by atoms with E-state index in [0.717, 1.165) is 16.5 Å². The Kier molecular flexibility index (Phi) is 4.45. The number of aromatic nitrogens is 2. The van der Waals surface area contributed by atoms with Crippen LogP contribution in [0.4, 0.5) is 15.9 Å². The van der Waals surface area contributed by atoms with Crippen LogP contribution in [0.15, 0.2) is 66.7 Å². The third-order valence-corrected chi connectivity index (χ3v) is 4.43. The Morgan fingerprint density at radius 1 is 0.846 bits per heavy atom. The van der Waals surface area contributed by atoms with Crippen LogP contribution in [0.3, 0.4) is 0 Å². The Morgan fingerprint density at radius 2 is 1.62 bits per heavy atom. The van der Waals surface area contributed by atoms with Crippen LogP contribution in [0, 0.1) is 5.82 Å². The highest BCUT2D eigenvalue weighted by molar-refractivity contribution is 6.31. The highest BCUT2D eigenvalue weighted by Crippen LogP contribution is 2.29. The molecule has 0 aliphatic carbocycles. The van der Waals surface area contributed by atoms with E-state index >= 15 is 0 Å². The summed E-state index contributed by atoms with van der Waals surface area (Å²) in [6.45, 7) is 0. The van der Waals surface area contributed by atoms with Crippen LogP contribution in [0.2, 0.25) is 10.0 Å². The lowest BCUT2D eigenvalue weighted by molar-refractivity contribution is 0.628. The molecular weight excluding hydrogens is 372 g/mol. The fourth-order valence-corrected chi connectivity index (χ4v) is 2.92. The first-order valence-corrected chi connectivity index (χ1v) is 8.60. The maximum atomic E-state index is 13.4. The SMILES string of the molecule is Fc1ccc(Nc2nc(-c3ccc(Cl)cc3)nc3ccccc23)cc1Cl. The third kappa shape index (κ3) is 3.34. The van der Waals surface area contributed by atoms with Gasteiger partial charge in [0.2, 0.25) is 0 Å². The van der Waals surface area contributed by atoms with Crippen LogP contribution in [0.25, 0.3) is 22.3 Å². The van der Waals surface area contributed by atoms with Crippen molar-refractivity contribution in [2.24, 2.45) is 0 Å². The van der Waals surface area contributed by atoms with Crippen molar-refractivity contribution in [2.75, 3.05) is 5.32 Å². The summed E-state index contributed by atoms with van der Waals surface area (Å²) in [6.07, 6.45) is 0. The largest absolute Gasteiger partial charge is 0.340 e. The van der Waals surface area contributed by atoms with Gasteiger partial charge in [-0.2, -0.15) is 0 Å². The van der Waals surface area contributed by atoms with Gasteiger partial charge in [0.1, 0.15) is 11.6 Å². The van der Waals surface area contributed by atoms with Gasteiger partial charge in [0.25, 0.3) is 0 Å². The molecular formula is C20H12Cl2FN3. The molecule has 3 nitrogen and oxygen atoms in total. The molecule has 0 aliphatic heterocycles. The summed E-state index contributed by atoms with van der Waals surface area (Å²) < 4.78 is 13.4. The summed E-state index contributed by atoms with van der Waals surface area (Å²) in [5.41, 5.74) is 2.28. The molecule has 4 rings (SSSR count). The lowest BCUT2D eigenvalue weighted by Gasteiger charge is -2.11. The lowest BCUT2D eigenvalue weighted by Crippen LogP contribution is -1.99. The lowest BCUT2D eigenvalue weighted by atomic mass is 10.2. The van der Waals surface area contributed by atoms with Gasteiger partial charge >= 0.3 is 0 Å². The zero-order chi connectivity index (χ0) is 18.1. The number of nitrogens with one attached hydrogen (secondary N) is 1. The van der Waals surface area contributed by atoms with Crippen LogP contribution in [0.1, 0.15) is 0 Å². The Balaban J connectivity index is 1.84. The monoisotopic (exact) mass is 383 g/mol. The Bertz CT molecular complexity index is 1100. The molecule has 0 amide bonds. The average molecular weight is 384 g/mol. The summed E-state index contributed by atoms with van der Waals surface area (Å²) in [5.74, 6) is 0.714. The van der Waals surface area contributed by atoms with E-state index < -0.39 is 5.82 Å². The van der Waals surface area contributed by atoms with E-state index in [1.165, 1.54) is 12.1 Å². The second kappa shape index (κ2) is 6.90. The minimum atomic E-state index is -0.466. The first-order chi connectivity index (χ1) is 12.6. The number of halogens is 3. The van der Waals surface area contributed by atoms with Crippen molar-refractivity contribution in [2.45, 2.75) is 0 Å². The molecule has 0 aliphatic rings. The number of hydrogen-bond donors (Lipinski definition) is 1. The summed E-state index contributed by atoms with van der Waals surface area (Å²) in [6, 6.07) is 19.4. The van der Waals surface area contributed by atoms with Gasteiger partial charge in [0.15, 0.2) is 5.82 Å². The van der Waals surface area contributed by atoms with Gasteiger partial charge in [-0.25, -0.2) is 14.4 Å². The highest BCUT2D eigenvalue weighted by atomic mass is 35.5. The van der Waals surface area contributed by atoms with Crippen LogP contribution in [-0.2, 0) is 0 Å². The summed E-state index contributed by atoms with van der Waals surface area (Å²) >= 11 is 11.8. The molecule has 0 saturated heterocycles. The van der Waals surface area contributed by atoms with Crippen LogP contribution in [-0.4, -0.2) is 9.97 Å². The van der Waals surface area contributed by atoms with Crippen LogP contribution >= 0.6 is 23.2 Å². The molecule has 26 heavy (non-hydrogen) atoms. The van der Waals surface area contributed by atoms with Gasteiger partial charge in [-0.1, -0.05) is 35.3 Å². The van der Waals surface area contributed by atoms with E-state index in [-0.39, 0.29) is 5.02 Å². The fraction of sp³-hybridized carbons (Fsp3) is 0. The van der Waals surface area contributed by atoms with Crippen LogP contribution in [0.5, 0.6) is 0 Å². The zero-order valence-corrected chi connectivity index (χ0v) is 14.9. The van der Waals surface area contributed by atoms with Crippen molar-refractivity contribution in [3.05, 3.63) is 82.6 Å². The predicted octanol–water partition coefficient (Wildman–Crippen LogP) is 6.49. The molecule has 0 fully saturated rings. The van der Waals surface area contributed by atoms with E-state index in [4.69, 9.17) is 23.2 Å². The standard InChI is InChI=1S/C20H12Cl2FN3/c21-13-7-5-12(6-8-13)19-25-18-4-2-1-3-15(18)20(26-19)24-14-9-10-17(23)16(22)11-14/h1-11H,(H,24,25,26).